The average Bonchev–Trinajstić information content (AvgIpc) is 3.24. The van der Waals surface area contributed by atoms with Gasteiger partial charge in [-0.1, -0.05) is 56.3 Å². The van der Waals surface area contributed by atoms with Crippen molar-refractivity contribution in [3.05, 3.63) is 48.0 Å². The Labute approximate surface area is 226 Å². The monoisotopic (exact) mass is 529 g/mol. The van der Waals surface area contributed by atoms with Crippen molar-refractivity contribution < 1.29 is 28.7 Å². The van der Waals surface area contributed by atoms with E-state index >= 15 is 0 Å². The third-order valence-corrected chi connectivity index (χ3v) is 6.65. The minimum absolute atomic E-state index is 0.0810. The average molecular weight is 530 g/mol. The van der Waals surface area contributed by atoms with E-state index in [-0.39, 0.29) is 43.7 Å². The first-order chi connectivity index (χ1) is 17.7. The number of carbonyl (C=O) groups is 4. The van der Waals surface area contributed by atoms with E-state index in [2.05, 4.69) is 5.32 Å². The molecule has 38 heavy (non-hydrogen) atoms. The van der Waals surface area contributed by atoms with Gasteiger partial charge in [-0.2, -0.15) is 0 Å². The molecule has 1 aliphatic rings. The van der Waals surface area contributed by atoms with Gasteiger partial charge >= 0.3 is 12.1 Å². The number of likely N-dealkylation sites (tertiary alicyclic amines) is 1. The molecule has 1 aliphatic heterocycles. The summed E-state index contributed by atoms with van der Waals surface area (Å²) >= 11 is 0. The third kappa shape index (κ3) is 7.82. The summed E-state index contributed by atoms with van der Waals surface area (Å²) in [6.45, 7) is 12.4. The molecule has 3 atom stereocenters. The largest absolute Gasteiger partial charge is 0.459 e. The van der Waals surface area contributed by atoms with Crippen LogP contribution in [0.1, 0.15) is 66.9 Å². The van der Waals surface area contributed by atoms with Gasteiger partial charge in [0.1, 0.15) is 23.8 Å². The van der Waals surface area contributed by atoms with Gasteiger partial charge in [0.15, 0.2) is 0 Å². The molecule has 1 heterocycles. The lowest BCUT2D eigenvalue weighted by Crippen LogP contribution is -2.54. The Morgan fingerprint density at radius 1 is 1.18 bits per heavy atom. The number of hydrogen-bond acceptors (Lipinski definition) is 6. The minimum Gasteiger partial charge on any atom is -0.459 e. The van der Waals surface area contributed by atoms with E-state index < -0.39 is 35.3 Å². The van der Waals surface area contributed by atoms with Gasteiger partial charge in [-0.25, -0.2) is 9.59 Å². The zero-order chi connectivity index (χ0) is 28.7. The molecule has 1 fully saturated rings. The Morgan fingerprint density at radius 3 is 2.34 bits per heavy atom. The van der Waals surface area contributed by atoms with Crippen LogP contribution >= 0.6 is 0 Å². The maximum Gasteiger partial charge on any atom is 0.408 e. The van der Waals surface area contributed by atoms with Crippen LogP contribution in [0.3, 0.4) is 0 Å². The highest BCUT2D eigenvalue weighted by Crippen LogP contribution is 2.37. The van der Waals surface area contributed by atoms with E-state index in [4.69, 9.17) is 9.47 Å². The number of esters is 1. The van der Waals surface area contributed by atoms with Gasteiger partial charge in [-0.05, 0) is 45.6 Å². The van der Waals surface area contributed by atoms with Crippen molar-refractivity contribution in [2.24, 2.45) is 5.92 Å². The molecule has 0 spiro atoms. The molecule has 1 aromatic carbocycles. The lowest BCUT2D eigenvalue weighted by Gasteiger charge is -2.34. The van der Waals surface area contributed by atoms with Crippen LogP contribution in [0, 0.1) is 5.92 Å². The summed E-state index contributed by atoms with van der Waals surface area (Å²) < 4.78 is 11.1. The topological polar surface area (TPSA) is 105 Å². The number of amides is 3. The normalized spacial score (nSPS) is 20.3. The molecule has 0 saturated carbocycles. The standard InChI is InChI=1S/C29H43N3O6/c1-9-10-16-29(26(35)37-19-22-14-12-11-13-15-22)17-23(18-32(29)21(4)33)31(8)25(34)24(20(2)3)30-27(36)38-28(5,6)7/h9-15,20,23-24H,16-19H2,1-8H3,(H,30,36)/t23-,24+,29?/m1/s1. The number of alkyl carbamates (subject to hydrolysis) is 1. The summed E-state index contributed by atoms with van der Waals surface area (Å²) in [5.74, 6) is -1.32. The number of allylic oxidation sites excluding steroid dienone is 1. The predicted octanol–water partition coefficient (Wildman–Crippen LogP) is 4.06. The molecule has 1 unspecified atom stereocenters. The molecule has 0 radical (unpaired) electrons. The molecule has 0 bridgehead atoms. The molecular formula is C29H43N3O6. The van der Waals surface area contributed by atoms with Crippen molar-refractivity contribution in [1.82, 2.24) is 15.1 Å². The lowest BCUT2D eigenvalue weighted by atomic mass is 9.89. The number of benzene rings is 1. The summed E-state index contributed by atoms with van der Waals surface area (Å²) in [5.41, 5.74) is -1.12. The highest BCUT2D eigenvalue weighted by Gasteiger charge is 2.54. The quantitative estimate of drug-likeness (QED) is 0.382. The number of hydrogen-bond donors (Lipinski definition) is 1. The van der Waals surface area contributed by atoms with Crippen LogP contribution in [0.4, 0.5) is 4.79 Å². The van der Waals surface area contributed by atoms with Crippen molar-refractivity contribution in [2.75, 3.05) is 13.6 Å². The third-order valence-electron chi connectivity index (χ3n) is 6.65. The van der Waals surface area contributed by atoms with Crippen LogP contribution in [0.25, 0.3) is 0 Å². The molecule has 3 amide bonds. The zero-order valence-electron chi connectivity index (χ0n) is 23.9. The number of ether oxygens (including phenoxy) is 2. The summed E-state index contributed by atoms with van der Waals surface area (Å²) in [5, 5.41) is 2.69. The van der Waals surface area contributed by atoms with E-state index in [1.54, 1.807) is 27.8 Å². The van der Waals surface area contributed by atoms with E-state index in [9.17, 15) is 19.2 Å². The van der Waals surface area contributed by atoms with Crippen LogP contribution in [0.2, 0.25) is 0 Å². The summed E-state index contributed by atoms with van der Waals surface area (Å²) in [4.78, 5) is 55.4. The first-order valence-electron chi connectivity index (χ1n) is 13.1. The Kier molecular flexibility index (Phi) is 10.5. The molecule has 9 heteroatoms. The molecular weight excluding hydrogens is 486 g/mol. The minimum atomic E-state index is -1.25. The SMILES string of the molecule is CC=CCC1(C(=O)OCc2ccccc2)C[C@@H](N(C)C(=O)[C@@H](NC(=O)OC(C)(C)C)C(C)C)CN1C(C)=O. The second-order valence-corrected chi connectivity index (χ2v) is 11.2. The fourth-order valence-electron chi connectivity index (χ4n) is 4.63. The van der Waals surface area contributed by atoms with Crippen LogP contribution in [-0.4, -0.2) is 70.5 Å². The molecule has 210 valence electrons. The smallest absolute Gasteiger partial charge is 0.408 e. The predicted molar refractivity (Wildman–Crippen MR) is 145 cm³/mol. The summed E-state index contributed by atoms with van der Waals surface area (Å²) in [6.07, 6.45) is 3.46. The molecule has 2 rings (SSSR count). The van der Waals surface area contributed by atoms with Gasteiger partial charge < -0.3 is 24.6 Å². The Bertz CT molecular complexity index is 1020. The fraction of sp³-hybridized carbons (Fsp3) is 0.586. The van der Waals surface area contributed by atoms with E-state index in [0.29, 0.717) is 0 Å². The van der Waals surface area contributed by atoms with Crippen molar-refractivity contribution in [3.63, 3.8) is 0 Å². The second kappa shape index (κ2) is 12.9. The van der Waals surface area contributed by atoms with Gasteiger partial charge in [0.25, 0.3) is 0 Å². The van der Waals surface area contributed by atoms with E-state index in [1.165, 1.54) is 16.7 Å². The van der Waals surface area contributed by atoms with E-state index in [0.717, 1.165) is 5.56 Å². The maximum absolute atomic E-state index is 13.6. The Hall–Kier alpha value is -3.36. The van der Waals surface area contributed by atoms with Gasteiger partial charge in [0.2, 0.25) is 11.8 Å². The van der Waals surface area contributed by atoms with Gasteiger partial charge in [-0.3, -0.25) is 9.59 Å². The van der Waals surface area contributed by atoms with Gasteiger partial charge in [0.05, 0.1) is 6.04 Å². The first-order valence-corrected chi connectivity index (χ1v) is 13.1. The molecule has 9 nitrogen and oxygen atoms in total. The lowest BCUT2D eigenvalue weighted by molar-refractivity contribution is -0.162. The van der Waals surface area contributed by atoms with Crippen LogP contribution in [-0.2, 0) is 30.5 Å². The number of nitrogens with zero attached hydrogens (tertiary/aromatic N) is 2. The summed E-state index contributed by atoms with van der Waals surface area (Å²) in [6, 6.07) is 8.04. The Morgan fingerprint density at radius 2 is 1.82 bits per heavy atom. The molecule has 0 aromatic heterocycles. The van der Waals surface area contributed by atoms with Gasteiger partial charge in [0, 0.05) is 26.9 Å². The molecule has 0 aliphatic carbocycles. The first kappa shape index (κ1) is 30.9. The second-order valence-electron chi connectivity index (χ2n) is 11.2. The fourth-order valence-corrected chi connectivity index (χ4v) is 4.63. The van der Waals surface area contributed by atoms with Crippen molar-refractivity contribution in [3.8, 4) is 0 Å². The molecule has 1 aromatic rings. The Balaban J connectivity index is 2.29. The van der Waals surface area contributed by atoms with Crippen molar-refractivity contribution in [2.45, 2.75) is 91.1 Å². The van der Waals surface area contributed by atoms with Crippen molar-refractivity contribution in [1.29, 1.82) is 0 Å². The van der Waals surface area contributed by atoms with Crippen molar-refractivity contribution >= 4 is 23.9 Å². The van der Waals surface area contributed by atoms with Crippen LogP contribution in [0.5, 0.6) is 0 Å². The zero-order valence-corrected chi connectivity index (χ0v) is 23.9. The van der Waals surface area contributed by atoms with E-state index in [1.807, 2.05) is 63.3 Å². The van der Waals surface area contributed by atoms with Crippen LogP contribution in [0.15, 0.2) is 42.5 Å². The van der Waals surface area contributed by atoms with Crippen LogP contribution < -0.4 is 5.32 Å². The summed E-state index contributed by atoms with van der Waals surface area (Å²) in [7, 11) is 1.64. The number of carbonyl (C=O) groups excluding carboxylic acids is 4. The maximum atomic E-state index is 13.6. The number of nitrogens with one attached hydrogen (secondary N) is 1. The number of likely N-dealkylation sites (N-methyl/N-ethyl adjacent to an activating group) is 1. The number of rotatable bonds is 9. The highest BCUT2D eigenvalue weighted by molar-refractivity contribution is 5.90. The molecule has 1 saturated heterocycles. The van der Waals surface area contributed by atoms with Gasteiger partial charge in [-0.15, -0.1) is 0 Å². The highest BCUT2D eigenvalue weighted by atomic mass is 16.6. The molecule has 1 N–H and O–H groups in total.